The molecule has 2 amide bonds. The van der Waals surface area contributed by atoms with Crippen molar-refractivity contribution in [2.45, 2.75) is 32.2 Å². The second-order valence-electron chi connectivity index (χ2n) is 10.8. The summed E-state index contributed by atoms with van der Waals surface area (Å²) in [5, 5.41) is 3.77. The third-order valence-electron chi connectivity index (χ3n) is 7.67. The minimum absolute atomic E-state index is 0.0611. The van der Waals surface area contributed by atoms with Gasteiger partial charge in [0, 0.05) is 69.3 Å². The number of fused-ring (bicyclic) bond motifs is 1. The number of amides is 2. The van der Waals surface area contributed by atoms with Crippen molar-refractivity contribution in [3.8, 4) is 0 Å². The van der Waals surface area contributed by atoms with E-state index >= 15 is 0 Å². The van der Waals surface area contributed by atoms with Crippen molar-refractivity contribution in [3.63, 3.8) is 0 Å². The van der Waals surface area contributed by atoms with E-state index < -0.39 is 0 Å². The minimum atomic E-state index is -0.202. The SMILES string of the molecule is CC1(C)CNC(=O)N(CCN2CCN([C@H]3C[C@H](c4ccc(F)cc4)c4cc(Cl)ccc43)CC2)C1. The molecule has 7 heteroatoms. The summed E-state index contributed by atoms with van der Waals surface area (Å²) in [7, 11) is 0. The van der Waals surface area contributed by atoms with Crippen molar-refractivity contribution in [1.82, 2.24) is 20.0 Å². The quantitative estimate of drug-likeness (QED) is 0.667. The zero-order valence-corrected chi connectivity index (χ0v) is 20.8. The smallest absolute Gasteiger partial charge is 0.317 e. The second-order valence-corrected chi connectivity index (χ2v) is 11.2. The van der Waals surface area contributed by atoms with Crippen LogP contribution >= 0.6 is 11.6 Å². The van der Waals surface area contributed by atoms with Gasteiger partial charge in [-0.1, -0.05) is 43.6 Å². The van der Waals surface area contributed by atoms with E-state index in [1.165, 1.54) is 11.1 Å². The van der Waals surface area contributed by atoms with E-state index in [2.05, 4.69) is 41.1 Å². The second kappa shape index (κ2) is 9.48. The van der Waals surface area contributed by atoms with E-state index in [9.17, 15) is 9.18 Å². The van der Waals surface area contributed by atoms with Crippen LogP contribution in [0.1, 0.15) is 48.9 Å². The fourth-order valence-electron chi connectivity index (χ4n) is 5.80. The number of carbonyl (C=O) groups excluding carboxylic acids is 1. The highest BCUT2D eigenvalue weighted by Gasteiger charge is 2.37. The highest BCUT2D eigenvalue weighted by atomic mass is 35.5. The zero-order valence-electron chi connectivity index (χ0n) is 20.1. The van der Waals surface area contributed by atoms with Crippen molar-refractivity contribution in [1.29, 1.82) is 0 Å². The first-order valence-electron chi connectivity index (χ1n) is 12.3. The summed E-state index contributed by atoms with van der Waals surface area (Å²) >= 11 is 6.37. The van der Waals surface area contributed by atoms with Crippen LogP contribution in [0, 0.1) is 11.2 Å². The van der Waals surface area contributed by atoms with Crippen molar-refractivity contribution in [2.24, 2.45) is 5.41 Å². The van der Waals surface area contributed by atoms with Gasteiger partial charge in [-0.15, -0.1) is 0 Å². The van der Waals surface area contributed by atoms with E-state index in [-0.39, 0.29) is 23.2 Å². The Kier molecular flexibility index (Phi) is 6.58. The van der Waals surface area contributed by atoms with E-state index in [0.717, 1.165) is 69.4 Å². The fraction of sp³-hybridized carbons (Fsp3) is 0.519. The van der Waals surface area contributed by atoms with Crippen LogP contribution in [0.2, 0.25) is 5.02 Å². The molecule has 0 radical (unpaired) electrons. The van der Waals surface area contributed by atoms with Crippen LogP contribution in [0.5, 0.6) is 0 Å². The zero-order chi connectivity index (χ0) is 23.9. The molecule has 2 fully saturated rings. The Balaban J connectivity index is 1.22. The number of nitrogens with zero attached hydrogens (tertiary/aromatic N) is 3. The van der Waals surface area contributed by atoms with Crippen LogP contribution in [0.4, 0.5) is 9.18 Å². The van der Waals surface area contributed by atoms with Gasteiger partial charge in [-0.2, -0.15) is 0 Å². The molecule has 2 heterocycles. The summed E-state index contributed by atoms with van der Waals surface area (Å²) in [5.74, 6) is 0.0321. The van der Waals surface area contributed by atoms with E-state index in [4.69, 9.17) is 11.6 Å². The van der Waals surface area contributed by atoms with Gasteiger partial charge in [-0.05, 0) is 52.8 Å². The molecule has 5 rings (SSSR count). The summed E-state index contributed by atoms with van der Waals surface area (Å²) < 4.78 is 13.5. The lowest BCUT2D eigenvalue weighted by Gasteiger charge is -2.41. The van der Waals surface area contributed by atoms with Crippen molar-refractivity contribution < 1.29 is 9.18 Å². The fourth-order valence-corrected chi connectivity index (χ4v) is 5.98. The number of nitrogens with one attached hydrogen (secondary N) is 1. The van der Waals surface area contributed by atoms with Gasteiger partial charge in [-0.25, -0.2) is 9.18 Å². The first-order valence-corrected chi connectivity index (χ1v) is 12.7. The van der Waals surface area contributed by atoms with Crippen LogP contribution in [0.3, 0.4) is 0 Å². The number of halogens is 2. The largest absolute Gasteiger partial charge is 0.337 e. The van der Waals surface area contributed by atoms with Gasteiger partial charge in [-0.3, -0.25) is 9.80 Å². The normalized spacial score (nSPS) is 25.3. The molecule has 0 saturated carbocycles. The summed E-state index contributed by atoms with van der Waals surface area (Å²) in [4.78, 5) is 19.3. The highest BCUT2D eigenvalue weighted by molar-refractivity contribution is 6.30. The van der Waals surface area contributed by atoms with E-state index in [1.54, 1.807) is 12.1 Å². The van der Waals surface area contributed by atoms with Crippen LogP contribution in [0.15, 0.2) is 42.5 Å². The number of hydrogen-bond donors (Lipinski definition) is 1. The van der Waals surface area contributed by atoms with Crippen molar-refractivity contribution in [3.05, 3.63) is 70.0 Å². The lowest BCUT2D eigenvalue weighted by Crippen LogP contribution is -2.57. The molecule has 0 bridgehead atoms. The summed E-state index contributed by atoms with van der Waals surface area (Å²) in [5.41, 5.74) is 3.88. The maximum atomic E-state index is 13.5. The Morgan fingerprint density at radius 1 is 1.03 bits per heavy atom. The van der Waals surface area contributed by atoms with Gasteiger partial charge in [0.2, 0.25) is 0 Å². The topological polar surface area (TPSA) is 38.8 Å². The Morgan fingerprint density at radius 3 is 2.50 bits per heavy atom. The number of benzene rings is 2. The molecule has 3 aliphatic rings. The number of urea groups is 1. The molecule has 1 aliphatic carbocycles. The van der Waals surface area contributed by atoms with Gasteiger partial charge in [0.05, 0.1) is 0 Å². The molecule has 2 saturated heterocycles. The third kappa shape index (κ3) is 4.95. The first-order chi connectivity index (χ1) is 16.3. The molecule has 0 aromatic heterocycles. The number of carbonyl (C=O) groups is 1. The van der Waals surface area contributed by atoms with Crippen LogP contribution in [-0.2, 0) is 0 Å². The Morgan fingerprint density at radius 2 is 1.76 bits per heavy atom. The summed E-state index contributed by atoms with van der Waals surface area (Å²) in [6, 6.07) is 13.6. The predicted octanol–water partition coefficient (Wildman–Crippen LogP) is 4.72. The monoisotopic (exact) mass is 484 g/mol. The molecule has 34 heavy (non-hydrogen) atoms. The molecule has 1 N–H and O–H groups in total. The molecule has 5 nitrogen and oxygen atoms in total. The molecular formula is C27H34ClFN4O. The molecule has 0 spiro atoms. The molecule has 2 aromatic carbocycles. The van der Waals surface area contributed by atoms with Crippen LogP contribution in [0.25, 0.3) is 0 Å². The van der Waals surface area contributed by atoms with E-state index in [1.807, 2.05) is 23.1 Å². The maximum absolute atomic E-state index is 13.5. The van der Waals surface area contributed by atoms with Gasteiger partial charge >= 0.3 is 6.03 Å². The third-order valence-corrected chi connectivity index (χ3v) is 7.91. The minimum Gasteiger partial charge on any atom is -0.337 e. The summed E-state index contributed by atoms with van der Waals surface area (Å²) in [6.45, 7) is 11.6. The number of hydrogen-bond acceptors (Lipinski definition) is 3. The van der Waals surface area contributed by atoms with Gasteiger partial charge in [0.25, 0.3) is 0 Å². The molecule has 182 valence electrons. The van der Waals surface area contributed by atoms with Crippen molar-refractivity contribution >= 4 is 17.6 Å². The van der Waals surface area contributed by atoms with Crippen LogP contribution in [-0.4, -0.2) is 73.1 Å². The average molecular weight is 485 g/mol. The lowest BCUT2D eigenvalue weighted by molar-refractivity contribution is 0.0811. The van der Waals surface area contributed by atoms with Gasteiger partial charge in [0.15, 0.2) is 0 Å². The molecule has 2 aliphatic heterocycles. The lowest BCUT2D eigenvalue weighted by atomic mass is 9.91. The number of rotatable bonds is 5. The average Bonchev–Trinajstić information content (AvgIpc) is 3.19. The van der Waals surface area contributed by atoms with Gasteiger partial charge < -0.3 is 10.2 Å². The predicted molar refractivity (Wildman–Crippen MR) is 134 cm³/mol. The Hall–Kier alpha value is -2.15. The Bertz CT molecular complexity index is 1040. The molecular weight excluding hydrogens is 451 g/mol. The molecule has 2 aromatic rings. The van der Waals surface area contributed by atoms with Crippen LogP contribution < -0.4 is 5.32 Å². The first kappa shape index (κ1) is 23.6. The highest BCUT2D eigenvalue weighted by Crippen LogP contribution is 2.47. The van der Waals surface area contributed by atoms with Gasteiger partial charge in [0.1, 0.15) is 5.82 Å². The Labute approximate surface area is 206 Å². The van der Waals surface area contributed by atoms with Crippen molar-refractivity contribution in [2.75, 3.05) is 52.4 Å². The molecule has 0 unspecified atom stereocenters. The summed E-state index contributed by atoms with van der Waals surface area (Å²) in [6.07, 6.45) is 0.990. The number of piperazine rings is 1. The van der Waals surface area contributed by atoms with E-state index in [0.29, 0.717) is 6.04 Å². The molecule has 2 atom stereocenters. The maximum Gasteiger partial charge on any atom is 0.317 e. The standard InChI is InChI=1S/C27H34ClFN4O/c1-27(2)17-30-26(34)33(18-27)14-11-31-9-12-32(13-10-31)25-16-23(19-3-6-21(29)7-4-19)24-15-20(28)5-8-22(24)25/h3-8,15,23,25H,9-14,16-18H2,1-2H3,(H,30,34)/t23-,25+/m1/s1.